The van der Waals surface area contributed by atoms with Crippen molar-refractivity contribution in [3.8, 4) is 0 Å². The number of pyridine rings is 1. The van der Waals surface area contributed by atoms with Crippen LogP contribution in [0.4, 0.5) is 0 Å². The number of piperazine rings is 1. The molecule has 4 rings (SSSR count). The molecular weight excluding hydrogens is 294 g/mol. The minimum atomic E-state index is -0.864. The Morgan fingerprint density at radius 1 is 1.20 bits per heavy atom. The lowest BCUT2D eigenvalue weighted by Crippen LogP contribution is -2.75. The van der Waals surface area contributed by atoms with Gasteiger partial charge in [-0.05, 0) is 18.6 Å². The molecule has 4 heterocycles. The summed E-state index contributed by atoms with van der Waals surface area (Å²) in [5, 5.41) is 0. The van der Waals surface area contributed by atoms with Gasteiger partial charge in [0.15, 0.2) is 9.74 Å². The summed E-state index contributed by atoms with van der Waals surface area (Å²) in [6.45, 7) is 1.80. The molecule has 7 heteroatoms. The maximum atomic E-state index is 12.8. The Morgan fingerprint density at radius 2 is 1.95 bits per heavy atom. The minimum absolute atomic E-state index is 0.0188. The van der Waals surface area contributed by atoms with Gasteiger partial charge >= 0.3 is 0 Å². The third kappa shape index (κ3) is 1.62. The Hall–Kier alpha value is -1.21. The van der Waals surface area contributed by atoms with Gasteiger partial charge in [0, 0.05) is 32.9 Å². The van der Waals surface area contributed by atoms with Crippen LogP contribution in [0.1, 0.15) is 12.5 Å². The van der Waals surface area contributed by atoms with E-state index < -0.39 is 9.74 Å². The van der Waals surface area contributed by atoms with E-state index in [2.05, 4.69) is 4.98 Å². The van der Waals surface area contributed by atoms with E-state index in [0.717, 1.165) is 5.56 Å². The highest BCUT2D eigenvalue weighted by Crippen LogP contribution is 2.58. The molecular formula is C13H15N3O2S2. The van der Waals surface area contributed by atoms with Crippen LogP contribution >= 0.6 is 21.6 Å². The molecule has 2 unspecified atom stereocenters. The van der Waals surface area contributed by atoms with Gasteiger partial charge in [0.1, 0.15) is 0 Å². The smallest absolute Gasteiger partial charge is 0.261 e. The van der Waals surface area contributed by atoms with E-state index in [-0.39, 0.29) is 11.8 Å². The van der Waals surface area contributed by atoms with Gasteiger partial charge in [-0.2, -0.15) is 0 Å². The first-order valence-corrected chi connectivity index (χ1v) is 8.39. The van der Waals surface area contributed by atoms with Crippen LogP contribution in [0.15, 0.2) is 24.5 Å². The average Bonchev–Trinajstić information content (AvgIpc) is 2.46. The monoisotopic (exact) mass is 309 g/mol. The molecule has 106 valence electrons. The average molecular weight is 309 g/mol. The zero-order valence-electron chi connectivity index (χ0n) is 11.5. The summed E-state index contributed by atoms with van der Waals surface area (Å²) in [4.78, 5) is 30.9. The summed E-state index contributed by atoms with van der Waals surface area (Å²) in [7, 11) is 6.37. The maximum absolute atomic E-state index is 12.8. The standard InChI is InChI=1S/C13H15N3O2S2/c1-12-10(17)16(3)13(20-19-12,11(18)15(12)2)7-9-5-4-6-14-8-9/h4-6,8H,7H2,1-3H3. The molecule has 2 amide bonds. The highest BCUT2D eigenvalue weighted by molar-refractivity contribution is 8.78. The predicted octanol–water partition coefficient (Wildman–Crippen LogP) is 1.36. The normalized spacial score (nSPS) is 33.0. The lowest BCUT2D eigenvalue weighted by Gasteiger charge is -2.58. The summed E-state index contributed by atoms with van der Waals surface area (Å²) in [5.74, 6) is -0.0399. The van der Waals surface area contributed by atoms with Gasteiger partial charge in [0.05, 0.1) is 0 Å². The van der Waals surface area contributed by atoms with Gasteiger partial charge in [0.2, 0.25) is 0 Å². The second kappa shape index (κ2) is 4.39. The van der Waals surface area contributed by atoms with Crippen molar-refractivity contribution in [1.29, 1.82) is 0 Å². The zero-order valence-corrected chi connectivity index (χ0v) is 13.1. The first kappa shape index (κ1) is 13.8. The first-order chi connectivity index (χ1) is 9.42. The topological polar surface area (TPSA) is 53.5 Å². The lowest BCUT2D eigenvalue weighted by atomic mass is 9.99. The lowest BCUT2D eigenvalue weighted by molar-refractivity contribution is -0.162. The molecule has 3 saturated heterocycles. The quantitative estimate of drug-likeness (QED) is 0.772. The second-order valence-electron chi connectivity index (χ2n) is 5.20. The molecule has 2 atom stereocenters. The molecule has 3 aliphatic heterocycles. The fraction of sp³-hybridized carbons (Fsp3) is 0.462. The van der Waals surface area contributed by atoms with Crippen molar-refractivity contribution < 1.29 is 9.59 Å². The predicted molar refractivity (Wildman–Crippen MR) is 79.8 cm³/mol. The van der Waals surface area contributed by atoms with Crippen LogP contribution in [-0.2, 0) is 16.0 Å². The summed E-state index contributed by atoms with van der Waals surface area (Å²) in [6, 6.07) is 3.77. The molecule has 0 aromatic carbocycles. The molecule has 1 aromatic heterocycles. The Morgan fingerprint density at radius 3 is 2.60 bits per heavy atom. The summed E-state index contributed by atoms with van der Waals surface area (Å²) < 4.78 is 0. The number of nitrogens with zero attached hydrogens (tertiary/aromatic N) is 3. The zero-order chi connectivity index (χ0) is 14.5. The van der Waals surface area contributed by atoms with Crippen LogP contribution in [0.5, 0.6) is 0 Å². The van der Waals surface area contributed by atoms with E-state index in [1.165, 1.54) is 21.6 Å². The van der Waals surface area contributed by atoms with Crippen molar-refractivity contribution in [2.24, 2.45) is 0 Å². The van der Waals surface area contributed by atoms with Gasteiger partial charge in [-0.3, -0.25) is 14.6 Å². The summed E-state index contributed by atoms with van der Waals surface area (Å²) in [6.07, 6.45) is 3.92. The van der Waals surface area contributed by atoms with Crippen LogP contribution < -0.4 is 0 Å². The number of hydrogen-bond donors (Lipinski definition) is 0. The van der Waals surface area contributed by atoms with Crippen LogP contribution in [0.3, 0.4) is 0 Å². The van der Waals surface area contributed by atoms with Gasteiger partial charge in [0.25, 0.3) is 11.8 Å². The van der Waals surface area contributed by atoms with E-state index in [1.807, 2.05) is 12.1 Å². The number of hydrogen-bond acceptors (Lipinski definition) is 5. The van der Waals surface area contributed by atoms with E-state index in [4.69, 9.17) is 0 Å². The maximum Gasteiger partial charge on any atom is 0.261 e. The van der Waals surface area contributed by atoms with Crippen molar-refractivity contribution in [3.63, 3.8) is 0 Å². The van der Waals surface area contributed by atoms with Gasteiger partial charge in [-0.25, -0.2) is 0 Å². The van der Waals surface area contributed by atoms with Crippen molar-refractivity contribution in [2.75, 3.05) is 14.1 Å². The van der Waals surface area contributed by atoms with Crippen LogP contribution in [0.2, 0.25) is 0 Å². The van der Waals surface area contributed by atoms with Gasteiger partial charge in [-0.1, -0.05) is 27.7 Å². The van der Waals surface area contributed by atoms with Crippen molar-refractivity contribution in [1.82, 2.24) is 14.8 Å². The second-order valence-corrected chi connectivity index (χ2v) is 8.00. The highest BCUT2D eigenvalue weighted by Gasteiger charge is 2.65. The highest BCUT2D eigenvalue weighted by atomic mass is 33.1. The number of carbonyl (C=O) groups is 2. The number of fused-ring (bicyclic) bond motifs is 3. The van der Waals surface area contributed by atoms with Crippen LogP contribution in [-0.4, -0.2) is 50.4 Å². The summed E-state index contributed by atoms with van der Waals surface area (Å²) in [5.41, 5.74) is 0.951. The molecule has 0 saturated carbocycles. The molecule has 3 fully saturated rings. The Labute approximate surface area is 125 Å². The molecule has 2 bridgehead atoms. The minimum Gasteiger partial charge on any atom is -0.319 e. The number of aromatic nitrogens is 1. The molecule has 0 aliphatic carbocycles. The van der Waals surface area contributed by atoms with Crippen molar-refractivity contribution in [3.05, 3.63) is 30.1 Å². The van der Waals surface area contributed by atoms with E-state index in [0.29, 0.717) is 6.42 Å². The van der Waals surface area contributed by atoms with E-state index >= 15 is 0 Å². The SMILES string of the molecule is CN1C(=O)C2(Cc3cccnc3)SSC1(C)C(=O)N2C. The number of amides is 2. The Balaban J connectivity index is 2.03. The van der Waals surface area contributed by atoms with Crippen LogP contribution in [0, 0.1) is 0 Å². The number of likely N-dealkylation sites (N-methyl/N-ethyl adjacent to an activating group) is 2. The third-order valence-corrected chi connectivity index (χ3v) is 7.81. The fourth-order valence-corrected chi connectivity index (χ4v) is 6.06. The summed E-state index contributed by atoms with van der Waals surface area (Å²) >= 11 is 0. The molecule has 1 aromatic rings. The van der Waals surface area contributed by atoms with E-state index in [9.17, 15) is 9.59 Å². The van der Waals surface area contributed by atoms with Gasteiger partial charge < -0.3 is 9.80 Å². The van der Waals surface area contributed by atoms with E-state index in [1.54, 1.807) is 43.2 Å². The van der Waals surface area contributed by atoms with Crippen molar-refractivity contribution >= 4 is 33.4 Å². The Kier molecular flexibility index (Phi) is 3.02. The van der Waals surface area contributed by atoms with Crippen molar-refractivity contribution in [2.45, 2.75) is 23.1 Å². The largest absolute Gasteiger partial charge is 0.319 e. The van der Waals surface area contributed by atoms with Gasteiger partial charge in [-0.15, -0.1) is 0 Å². The number of rotatable bonds is 2. The Bertz CT molecular complexity index is 582. The molecule has 0 spiro atoms. The number of carbonyl (C=O) groups excluding carboxylic acids is 2. The van der Waals surface area contributed by atoms with Crippen LogP contribution in [0.25, 0.3) is 0 Å². The molecule has 3 aliphatic rings. The molecule has 0 radical (unpaired) electrons. The third-order valence-electron chi connectivity index (χ3n) is 4.03. The fourth-order valence-electron chi connectivity index (χ4n) is 2.55. The molecule has 20 heavy (non-hydrogen) atoms. The first-order valence-electron chi connectivity index (χ1n) is 6.24. The molecule has 5 nitrogen and oxygen atoms in total. The molecule has 0 N–H and O–H groups in total.